The Morgan fingerprint density at radius 2 is 1.46 bits per heavy atom. The number of imidazole rings is 2. The Kier molecular flexibility index (Phi) is 16.5. The summed E-state index contributed by atoms with van der Waals surface area (Å²) in [6.45, 7) is -2.26. The number of ether oxygens (including phenoxy) is 4. The Hall–Kier alpha value is -5.07. The fourth-order valence-corrected chi connectivity index (χ4v) is 13.9. The average Bonchev–Trinajstić information content (AvgIpc) is 4.14. The molecule has 4 unspecified atom stereocenters. The van der Waals surface area contributed by atoms with Gasteiger partial charge in [-0.05, 0) is 0 Å². The lowest BCUT2D eigenvalue weighted by Crippen LogP contribution is -2.40. The Bertz CT molecular complexity index is 3370. The number of aliphatic hydroxyl groups excluding tert-OH is 3. The number of aromatic amines is 2. The summed E-state index contributed by atoms with van der Waals surface area (Å²) in [5.74, 6) is -2.06. The van der Waals surface area contributed by atoms with E-state index in [0.717, 1.165) is 36.6 Å². The van der Waals surface area contributed by atoms with E-state index >= 15 is 0 Å². The Morgan fingerprint density at radius 3 is 2.12 bits per heavy atom. The zero-order valence-electron chi connectivity index (χ0n) is 39.4. The molecule has 1 amide bonds. The van der Waals surface area contributed by atoms with Crippen LogP contribution < -0.4 is 43.1 Å². The third kappa shape index (κ3) is 11.8. The minimum atomic E-state index is -6.25. The predicted octanol–water partition coefficient (Wildman–Crippen LogP) is -4.66. The first-order chi connectivity index (χ1) is 35.6. The fraction of sp³-hybridized carbons (Fsp3) is 0.571. The lowest BCUT2D eigenvalue weighted by Gasteiger charge is -2.35. The van der Waals surface area contributed by atoms with E-state index in [0.29, 0.717) is 4.57 Å². The van der Waals surface area contributed by atoms with Gasteiger partial charge in [-0.2, -0.15) is 18.2 Å². The molecule has 0 saturated carbocycles. The monoisotopic (exact) mass is 1160 g/mol. The van der Waals surface area contributed by atoms with Crippen molar-refractivity contribution in [2.24, 2.45) is 13.0 Å². The number of phosphoric ester groups is 2. The number of hydrogen-bond donors (Lipinski definition) is 11. The number of H-pyrrole nitrogens is 2. The van der Waals surface area contributed by atoms with Gasteiger partial charge >= 0.3 is 34.7 Å². The standard InChI is InChI=1S/C35H49N13O24P4/c1-4-18(49)38-7-14-15(68-31(22(14)51)48-13-45(2)21-29(48)43-34(37)44-30(21)54)8-66-74(58,59)71-76(62,63)72-75(60,61)67-10-17-26(25(64-3)33(70-17)47-12-41-20-27(36)39-11-40-28(20)47)73(56,57)65-9-16-23(52)24(53)32(69-16)46-6-5-19(50)42-35(46)55/h5-6,11-17,22-26,31-33,51-53H,4,7-10H2,1-3H3,(H10-,36,37,38,39,40,42,43,44,49,50,54,55,56,57,58,59,60,61,62,63)/t14-,15-,16-,17-,22-,23-,24-,25-,26-,31-,32-,33-/m1/s1. The molecular weight excluding hydrogens is 1110 g/mol. The lowest BCUT2D eigenvalue weighted by atomic mass is 9.98. The van der Waals surface area contributed by atoms with Gasteiger partial charge in [0.15, 0.2) is 23.9 Å². The molecule has 3 aliphatic rings. The third-order valence-electron chi connectivity index (χ3n) is 12.2. The van der Waals surface area contributed by atoms with Gasteiger partial charge in [-0.15, -0.1) is 0 Å². The molecule has 16 atom stereocenters. The SMILES string of the molecule is CCC(=O)NC[C@H]1[C@@H](O)[C@H](n2c[n+](C)c3c(=O)[nH]c(N)nc32)O[C@@H]1COP(=O)(O)OP(=O)(O)OP(=O)(O)OC[C@H]1O[C@@H](n2cnc3c(N)ncnc32)[C@H](OC)[C@@H]1P(=O)([O-])OC[C@H]1O[C@@H](n2ccc(=O)[nH]c2=O)[C@H](O)[C@@H]1O. The normalized spacial score (nSPS) is 30.0. The number of aromatic nitrogens is 10. The number of rotatable bonds is 21. The highest BCUT2D eigenvalue weighted by atomic mass is 31.3. The number of aryl methyl sites for hydroxylation is 1. The number of nitrogens with one attached hydrogen (secondary N) is 3. The number of carbonyl (C=O) groups excluding carboxylic acids is 1. The maximum atomic E-state index is 14.2. The van der Waals surface area contributed by atoms with Gasteiger partial charge in [-0.3, -0.25) is 42.5 Å². The fourth-order valence-electron chi connectivity index (χ4n) is 8.67. The summed E-state index contributed by atoms with van der Waals surface area (Å²) in [6.07, 6.45) is -12.4. The molecule has 418 valence electrons. The number of methoxy groups -OCH3 is 1. The van der Waals surface area contributed by atoms with E-state index in [9.17, 15) is 72.3 Å². The molecular formula is C35H49N13O24P4. The van der Waals surface area contributed by atoms with Crippen molar-refractivity contribution in [1.29, 1.82) is 0 Å². The highest BCUT2D eigenvalue weighted by Gasteiger charge is 2.55. The molecule has 5 aromatic rings. The largest absolute Gasteiger partial charge is 0.778 e. The van der Waals surface area contributed by atoms with E-state index in [1.807, 2.05) is 4.98 Å². The Balaban J connectivity index is 0.965. The van der Waals surface area contributed by atoms with Crippen LogP contribution in [0.25, 0.3) is 22.3 Å². The van der Waals surface area contributed by atoms with Crippen molar-refractivity contribution >= 4 is 71.1 Å². The number of hydrogen-bond acceptors (Lipinski definition) is 27. The van der Waals surface area contributed by atoms with E-state index in [-0.39, 0.29) is 47.1 Å². The molecule has 0 radical (unpaired) electrons. The quantitative estimate of drug-likeness (QED) is 0.0243. The van der Waals surface area contributed by atoms with Gasteiger partial charge in [0.05, 0.1) is 51.1 Å². The van der Waals surface area contributed by atoms with Crippen molar-refractivity contribution in [3.05, 3.63) is 62.4 Å². The first kappa shape index (κ1) is 57.1. The van der Waals surface area contributed by atoms with Crippen LogP contribution in [0.4, 0.5) is 11.8 Å². The summed E-state index contributed by atoms with van der Waals surface area (Å²) in [4.78, 5) is 115. The van der Waals surface area contributed by atoms with Crippen molar-refractivity contribution in [3.8, 4) is 0 Å². The number of carbonyl (C=O) groups is 1. The minimum Gasteiger partial charge on any atom is -0.778 e. The van der Waals surface area contributed by atoms with E-state index in [4.69, 9.17) is 44.0 Å². The molecule has 3 fully saturated rings. The van der Waals surface area contributed by atoms with Crippen LogP contribution in [0.5, 0.6) is 0 Å². The summed E-state index contributed by atoms with van der Waals surface area (Å²) in [5, 5.41) is 35.4. The van der Waals surface area contributed by atoms with Gasteiger partial charge in [0, 0.05) is 38.3 Å². The van der Waals surface area contributed by atoms with E-state index in [2.05, 4.69) is 38.9 Å². The number of nitrogens with two attached hydrogens (primary N) is 2. The van der Waals surface area contributed by atoms with Gasteiger partial charge in [0.1, 0.15) is 50.0 Å². The van der Waals surface area contributed by atoms with Crippen LogP contribution in [0, 0.1) is 5.92 Å². The number of fused-ring (bicyclic) bond motifs is 2. The average molecular weight is 1160 g/mol. The molecule has 0 aliphatic carbocycles. The highest BCUT2D eigenvalue weighted by Crippen LogP contribution is 2.68. The number of amides is 1. The van der Waals surface area contributed by atoms with Crippen molar-refractivity contribution in [2.75, 3.05) is 44.9 Å². The van der Waals surface area contributed by atoms with E-state index in [1.54, 1.807) is 0 Å². The molecule has 8 rings (SSSR count). The van der Waals surface area contributed by atoms with Gasteiger partial charge in [-0.25, -0.2) is 38.0 Å². The van der Waals surface area contributed by atoms with Gasteiger partial charge in [0.2, 0.25) is 24.4 Å². The van der Waals surface area contributed by atoms with Gasteiger partial charge in [0.25, 0.3) is 16.7 Å². The second-order valence-electron chi connectivity index (χ2n) is 17.0. The summed E-state index contributed by atoms with van der Waals surface area (Å²) in [6, 6.07) is 0.912. The van der Waals surface area contributed by atoms with E-state index in [1.165, 1.54) is 29.4 Å². The highest BCUT2D eigenvalue weighted by molar-refractivity contribution is 7.66. The smallest absolute Gasteiger partial charge is 0.490 e. The van der Waals surface area contributed by atoms with Crippen LogP contribution >= 0.6 is 31.1 Å². The lowest BCUT2D eigenvalue weighted by molar-refractivity contribution is -0.646. The summed E-state index contributed by atoms with van der Waals surface area (Å²) in [5.41, 5.74) is 6.97. The van der Waals surface area contributed by atoms with Gasteiger partial charge in [-0.1, -0.05) is 6.92 Å². The van der Waals surface area contributed by atoms with Crippen molar-refractivity contribution < 1.29 is 104 Å². The third-order valence-corrected chi connectivity index (χ3v) is 18.3. The summed E-state index contributed by atoms with van der Waals surface area (Å²) in [7, 11) is -21.2. The number of phosphoric acid groups is 3. The number of anilines is 2. The second kappa shape index (κ2) is 22.0. The Labute approximate surface area is 423 Å². The minimum absolute atomic E-state index is 0.00374. The predicted molar refractivity (Wildman–Crippen MR) is 245 cm³/mol. The number of aliphatic hydroxyl groups is 3. The van der Waals surface area contributed by atoms with Crippen LogP contribution in [0.1, 0.15) is 32.0 Å². The Morgan fingerprint density at radius 1 is 0.829 bits per heavy atom. The van der Waals surface area contributed by atoms with Crippen molar-refractivity contribution in [3.63, 3.8) is 0 Å². The topological polar surface area (TPSA) is 530 Å². The molecule has 37 nitrogen and oxygen atoms in total. The maximum absolute atomic E-state index is 14.2. The number of nitrogen functional groups attached to an aromatic ring is 2. The van der Waals surface area contributed by atoms with E-state index < -0.39 is 147 Å². The number of nitrogens with zero attached hydrogens (tertiary/aromatic N) is 8. The first-order valence-electron chi connectivity index (χ1n) is 22.1. The molecule has 0 bridgehead atoms. The molecule has 0 aromatic carbocycles. The molecule has 0 spiro atoms. The zero-order chi connectivity index (χ0) is 55.4. The van der Waals surface area contributed by atoms with Crippen molar-refractivity contribution in [1.82, 2.24) is 48.9 Å². The molecule has 76 heavy (non-hydrogen) atoms. The summed E-state index contributed by atoms with van der Waals surface area (Å²) >= 11 is 0. The molecule has 13 N–H and O–H groups in total. The van der Waals surface area contributed by atoms with Crippen LogP contribution in [0.2, 0.25) is 0 Å². The summed E-state index contributed by atoms with van der Waals surface area (Å²) < 4.78 is 105. The first-order valence-corrected chi connectivity index (χ1v) is 28.2. The van der Waals surface area contributed by atoms with Gasteiger partial charge < -0.3 is 79.7 Å². The molecule has 5 aromatic heterocycles. The molecule has 8 heterocycles. The van der Waals surface area contributed by atoms with Crippen LogP contribution in [-0.2, 0) is 71.2 Å². The molecule has 3 aliphatic heterocycles. The van der Waals surface area contributed by atoms with Crippen LogP contribution in [0.3, 0.4) is 0 Å². The zero-order valence-corrected chi connectivity index (χ0v) is 43.0. The molecule has 3 saturated heterocycles. The molecule has 41 heteroatoms. The van der Waals surface area contributed by atoms with Crippen molar-refractivity contribution in [2.45, 2.75) is 80.4 Å². The van der Waals surface area contributed by atoms with Crippen LogP contribution in [-0.4, -0.2) is 161 Å². The van der Waals surface area contributed by atoms with Crippen LogP contribution in [0.15, 0.2) is 45.6 Å². The maximum Gasteiger partial charge on any atom is 0.490 e. The second-order valence-corrected chi connectivity index (χ2v) is 23.6.